The molecule has 3 N–H and O–H groups in total. The predicted molar refractivity (Wildman–Crippen MR) is 97.0 cm³/mol. The maximum absolute atomic E-state index is 13.3. The number of benzene rings is 1. The quantitative estimate of drug-likeness (QED) is 0.628. The van der Waals surface area contributed by atoms with Crippen LogP contribution < -0.4 is 15.4 Å². The molecule has 7 heteroatoms. The third kappa shape index (κ3) is 3.54. The Labute approximate surface area is 153 Å². The van der Waals surface area contributed by atoms with Gasteiger partial charge in [-0.25, -0.2) is 4.79 Å². The summed E-state index contributed by atoms with van der Waals surface area (Å²) in [6.45, 7) is 1.87. The maximum atomic E-state index is 13.3. The summed E-state index contributed by atoms with van der Waals surface area (Å²) in [7, 11) is 1.61. The van der Waals surface area contributed by atoms with Crippen molar-refractivity contribution in [2.75, 3.05) is 33.4 Å². The SMILES string of the molecule is COc1cccc(CC2(C3CCNCC3)NC(=O)N(CCCO)C2=O)c1. The molecular weight excluding hydrogens is 334 g/mol. The number of carbonyl (C=O) groups is 2. The number of piperidine rings is 1. The highest BCUT2D eigenvalue weighted by Gasteiger charge is 2.55. The van der Waals surface area contributed by atoms with Gasteiger partial charge in [-0.05, 0) is 56.0 Å². The van der Waals surface area contributed by atoms with Gasteiger partial charge >= 0.3 is 6.03 Å². The van der Waals surface area contributed by atoms with Gasteiger partial charge in [-0.1, -0.05) is 12.1 Å². The zero-order valence-electron chi connectivity index (χ0n) is 15.2. The van der Waals surface area contributed by atoms with E-state index in [2.05, 4.69) is 10.6 Å². The molecule has 1 aromatic rings. The third-order valence-corrected chi connectivity index (χ3v) is 5.39. The molecule has 2 heterocycles. The van der Waals surface area contributed by atoms with E-state index in [0.29, 0.717) is 12.8 Å². The largest absolute Gasteiger partial charge is 0.497 e. The van der Waals surface area contributed by atoms with Crippen LogP contribution in [0, 0.1) is 5.92 Å². The lowest BCUT2D eigenvalue weighted by atomic mass is 9.74. The molecule has 0 bridgehead atoms. The van der Waals surface area contributed by atoms with Crippen LogP contribution in [-0.2, 0) is 11.2 Å². The number of hydrogen-bond acceptors (Lipinski definition) is 5. The summed E-state index contributed by atoms with van der Waals surface area (Å²) in [5, 5.41) is 15.4. The number of amides is 3. The van der Waals surface area contributed by atoms with Crippen LogP contribution in [0.5, 0.6) is 5.75 Å². The third-order valence-electron chi connectivity index (χ3n) is 5.39. The van der Waals surface area contributed by atoms with Gasteiger partial charge in [0.25, 0.3) is 5.91 Å². The lowest BCUT2D eigenvalue weighted by Crippen LogP contribution is -2.57. The zero-order valence-corrected chi connectivity index (χ0v) is 15.2. The predicted octanol–water partition coefficient (Wildman–Crippen LogP) is 0.910. The van der Waals surface area contributed by atoms with Gasteiger partial charge in [0.2, 0.25) is 0 Å². The highest BCUT2D eigenvalue weighted by Crippen LogP contribution is 2.35. The van der Waals surface area contributed by atoms with Gasteiger partial charge in [0.05, 0.1) is 7.11 Å². The molecular formula is C19H27N3O4. The van der Waals surface area contributed by atoms with Crippen molar-refractivity contribution in [3.63, 3.8) is 0 Å². The molecule has 1 unspecified atom stereocenters. The molecule has 0 aromatic heterocycles. The van der Waals surface area contributed by atoms with E-state index in [1.165, 1.54) is 4.90 Å². The number of ether oxygens (including phenoxy) is 1. The van der Waals surface area contributed by atoms with E-state index < -0.39 is 5.54 Å². The van der Waals surface area contributed by atoms with Crippen LogP contribution in [0.2, 0.25) is 0 Å². The molecule has 3 amide bonds. The summed E-state index contributed by atoms with van der Waals surface area (Å²) in [5.74, 6) is 0.632. The number of aliphatic hydroxyl groups is 1. The summed E-state index contributed by atoms with van der Waals surface area (Å²) in [5.41, 5.74) is 0.0293. The molecule has 7 nitrogen and oxygen atoms in total. The molecule has 0 saturated carbocycles. The molecule has 1 aromatic carbocycles. The Hall–Kier alpha value is -2.12. The molecule has 2 saturated heterocycles. The minimum atomic E-state index is -0.930. The second kappa shape index (κ2) is 8.05. The molecule has 2 fully saturated rings. The summed E-state index contributed by atoms with van der Waals surface area (Å²) in [6.07, 6.45) is 2.50. The Morgan fingerprint density at radius 2 is 2.08 bits per heavy atom. The fourth-order valence-corrected chi connectivity index (χ4v) is 4.04. The summed E-state index contributed by atoms with van der Waals surface area (Å²) >= 11 is 0. The summed E-state index contributed by atoms with van der Waals surface area (Å²) in [6, 6.07) is 7.28. The van der Waals surface area contributed by atoms with E-state index in [-0.39, 0.29) is 31.0 Å². The van der Waals surface area contributed by atoms with E-state index in [0.717, 1.165) is 37.2 Å². The number of hydrogen-bond donors (Lipinski definition) is 3. The van der Waals surface area contributed by atoms with Crippen LogP contribution in [0.1, 0.15) is 24.8 Å². The number of rotatable bonds is 7. The Kier molecular flexibility index (Phi) is 5.78. The lowest BCUT2D eigenvalue weighted by molar-refractivity contribution is -0.133. The van der Waals surface area contributed by atoms with Crippen molar-refractivity contribution in [2.24, 2.45) is 5.92 Å². The zero-order chi connectivity index (χ0) is 18.6. The van der Waals surface area contributed by atoms with E-state index >= 15 is 0 Å². The fourth-order valence-electron chi connectivity index (χ4n) is 4.04. The first-order chi connectivity index (χ1) is 12.6. The van der Waals surface area contributed by atoms with E-state index in [9.17, 15) is 9.59 Å². The molecule has 1 atom stereocenters. The Morgan fingerprint density at radius 3 is 2.77 bits per heavy atom. The number of aliphatic hydroxyl groups excluding tert-OH is 1. The average molecular weight is 361 g/mol. The number of urea groups is 1. The van der Waals surface area contributed by atoms with Gasteiger partial charge in [-0.15, -0.1) is 0 Å². The van der Waals surface area contributed by atoms with Crippen LogP contribution in [0.15, 0.2) is 24.3 Å². The Morgan fingerprint density at radius 1 is 1.31 bits per heavy atom. The van der Waals surface area contributed by atoms with Crippen molar-refractivity contribution in [1.82, 2.24) is 15.5 Å². The smallest absolute Gasteiger partial charge is 0.325 e. The summed E-state index contributed by atoms with van der Waals surface area (Å²) < 4.78 is 5.30. The first-order valence-corrected chi connectivity index (χ1v) is 9.19. The molecule has 3 rings (SSSR count). The number of carbonyl (C=O) groups excluding carboxylic acids is 2. The highest BCUT2D eigenvalue weighted by atomic mass is 16.5. The van der Waals surface area contributed by atoms with Crippen molar-refractivity contribution in [3.8, 4) is 5.75 Å². The average Bonchev–Trinajstić information content (AvgIpc) is 2.91. The van der Waals surface area contributed by atoms with Crippen LogP contribution in [0.25, 0.3) is 0 Å². The van der Waals surface area contributed by atoms with Crippen LogP contribution in [-0.4, -0.2) is 60.8 Å². The molecule has 2 aliphatic heterocycles. The van der Waals surface area contributed by atoms with E-state index in [1.807, 2.05) is 24.3 Å². The molecule has 142 valence electrons. The van der Waals surface area contributed by atoms with Crippen molar-refractivity contribution in [2.45, 2.75) is 31.2 Å². The number of nitrogens with one attached hydrogen (secondary N) is 2. The molecule has 0 spiro atoms. The normalized spacial score (nSPS) is 24.0. The Balaban J connectivity index is 1.92. The lowest BCUT2D eigenvalue weighted by Gasteiger charge is -2.38. The van der Waals surface area contributed by atoms with Crippen molar-refractivity contribution in [3.05, 3.63) is 29.8 Å². The van der Waals surface area contributed by atoms with E-state index in [1.54, 1.807) is 7.11 Å². The monoisotopic (exact) mass is 361 g/mol. The first kappa shape index (κ1) is 18.7. The second-order valence-electron chi connectivity index (χ2n) is 6.99. The van der Waals surface area contributed by atoms with Crippen LogP contribution >= 0.6 is 0 Å². The number of nitrogens with zero attached hydrogens (tertiary/aromatic N) is 1. The van der Waals surface area contributed by atoms with Crippen molar-refractivity contribution >= 4 is 11.9 Å². The van der Waals surface area contributed by atoms with Gasteiger partial charge in [-0.2, -0.15) is 0 Å². The minimum Gasteiger partial charge on any atom is -0.497 e. The second-order valence-corrected chi connectivity index (χ2v) is 6.99. The van der Waals surface area contributed by atoms with Crippen molar-refractivity contribution in [1.29, 1.82) is 0 Å². The molecule has 26 heavy (non-hydrogen) atoms. The topological polar surface area (TPSA) is 90.9 Å². The first-order valence-electron chi connectivity index (χ1n) is 9.19. The molecule has 2 aliphatic rings. The van der Waals surface area contributed by atoms with Gasteiger partial charge < -0.3 is 20.5 Å². The van der Waals surface area contributed by atoms with E-state index in [4.69, 9.17) is 9.84 Å². The van der Waals surface area contributed by atoms with Gasteiger partial charge in [-0.3, -0.25) is 9.69 Å². The fraction of sp³-hybridized carbons (Fsp3) is 0.579. The maximum Gasteiger partial charge on any atom is 0.325 e. The minimum absolute atomic E-state index is 0.0483. The summed E-state index contributed by atoms with van der Waals surface area (Å²) in [4.78, 5) is 27.1. The standard InChI is InChI=1S/C19H27N3O4/c1-26-16-5-2-4-14(12-16)13-19(15-6-8-20-9-7-15)17(24)22(10-3-11-23)18(25)21-19/h2,4-5,12,15,20,23H,3,6-11,13H2,1H3,(H,21,25). The van der Waals surface area contributed by atoms with Crippen LogP contribution in [0.4, 0.5) is 4.79 Å². The number of methoxy groups -OCH3 is 1. The molecule has 0 radical (unpaired) electrons. The van der Waals surface area contributed by atoms with Crippen LogP contribution in [0.3, 0.4) is 0 Å². The highest BCUT2D eigenvalue weighted by molar-refractivity contribution is 6.07. The van der Waals surface area contributed by atoms with Gasteiger partial charge in [0.15, 0.2) is 0 Å². The van der Waals surface area contributed by atoms with Gasteiger partial charge in [0, 0.05) is 19.6 Å². The molecule has 0 aliphatic carbocycles. The number of imide groups is 1. The van der Waals surface area contributed by atoms with Gasteiger partial charge in [0.1, 0.15) is 11.3 Å². The van der Waals surface area contributed by atoms with Crippen molar-refractivity contribution < 1.29 is 19.4 Å². The Bertz CT molecular complexity index is 660.